The van der Waals surface area contributed by atoms with Crippen LogP contribution < -0.4 is 5.56 Å². The van der Waals surface area contributed by atoms with Gasteiger partial charge in [0.05, 0.1) is 18.2 Å². The van der Waals surface area contributed by atoms with Crippen LogP contribution >= 0.6 is 0 Å². The summed E-state index contributed by atoms with van der Waals surface area (Å²) in [5, 5.41) is 10.6. The third-order valence-electron chi connectivity index (χ3n) is 4.28. The van der Waals surface area contributed by atoms with E-state index in [-0.39, 0.29) is 11.0 Å². The van der Waals surface area contributed by atoms with E-state index in [0.717, 1.165) is 16.3 Å². The fourth-order valence-electron chi connectivity index (χ4n) is 2.76. The van der Waals surface area contributed by atoms with Gasteiger partial charge in [0, 0.05) is 11.6 Å². The second-order valence-corrected chi connectivity index (χ2v) is 7.11. The lowest BCUT2D eigenvalue weighted by molar-refractivity contribution is 0.591. The third-order valence-corrected chi connectivity index (χ3v) is 4.28. The predicted octanol–water partition coefficient (Wildman–Crippen LogP) is 4.22. The summed E-state index contributed by atoms with van der Waals surface area (Å²) in [4.78, 5) is 12.7. The minimum Gasteiger partial charge on any atom is -0.311 e. The summed E-state index contributed by atoms with van der Waals surface area (Å²) < 4.78 is 1.71. The highest BCUT2D eigenvalue weighted by Gasteiger charge is 2.14. The summed E-state index contributed by atoms with van der Waals surface area (Å²) in [7, 11) is 0. The van der Waals surface area contributed by atoms with Crippen LogP contribution in [0.4, 0.5) is 0 Å². The number of fused-ring (bicyclic) bond motifs is 1. The van der Waals surface area contributed by atoms with Crippen LogP contribution in [0.15, 0.2) is 59.5 Å². The molecule has 24 heavy (non-hydrogen) atoms. The van der Waals surface area contributed by atoms with Crippen LogP contribution in [0.3, 0.4) is 0 Å². The van der Waals surface area contributed by atoms with E-state index in [1.54, 1.807) is 16.7 Å². The normalized spacial score (nSPS) is 11.4. The van der Waals surface area contributed by atoms with Gasteiger partial charge in [-0.2, -0.15) is 5.26 Å². The van der Waals surface area contributed by atoms with Gasteiger partial charge < -0.3 is 4.57 Å². The lowest BCUT2D eigenvalue weighted by Crippen LogP contribution is -2.20. The topological polar surface area (TPSA) is 45.8 Å². The van der Waals surface area contributed by atoms with Gasteiger partial charge in [0.1, 0.15) is 0 Å². The molecule has 3 heteroatoms. The summed E-state index contributed by atoms with van der Waals surface area (Å²) >= 11 is 0. The van der Waals surface area contributed by atoms with Crippen LogP contribution in [0.2, 0.25) is 0 Å². The summed E-state index contributed by atoms with van der Waals surface area (Å²) in [6, 6.07) is 17.5. The molecule has 0 saturated carbocycles. The first-order valence-electron chi connectivity index (χ1n) is 8.01. The van der Waals surface area contributed by atoms with E-state index in [9.17, 15) is 4.79 Å². The number of nitrogens with zero attached hydrogens (tertiary/aromatic N) is 2. The quantitative estimate of drug-likeness (QED) is 0.710. The predicted molar refractivity (Wildman–Crippen MR) is 97.2 cm³/mol. The molecule has 0 atom stereocenters. The maximum absolute atomic E-state index is 12.7. The van der Waals surface area contributed by atoms with Gasteiger partial charge in [-0.3, -0.25) is 4.79 Å². The molecule has 0 bridgehead atoms. The van der Waals surface area contributed by atoms with Crippen LogP contribution in [-0.2, 0) is 12.0 Å². The number of hydrogen-bond acceptors (Lipinski definition) is 2. The van der Waals surface area contributed by atoms with Gasteiger partial charge in [0.15, 0.2) is 0 Å². The number of benzene rings is 2. The maximum atomic E-state index is 12.7. The zero-order valence-electron chi connectivity index (χ0n) is 14.2. The molecule has 3 nitrogen and oxygen atoms in total. The fraction of sp³-hybridized carbons (Fsp3) is 0.238. The summed E-state index contributed by atoms with van der Waals surface area (Å²) in [5.41, 5.74) is 2.92. The fourth-order valence-corrected chi connectivity index (χ4v) is 2.76. The number of aromatic nitrogens is 1. The SMILES string of the molecule is CC(C)(C)c1ccc2c(=O)n(Cc3ccc(C#N)cc3)ccc2c1. The van der Waals surface area contributed by atoms with Crippen molar-refractivity contribution in [3.05, 3.63) is 81.8 Å². The summed E-state index contributed by atoms with van der Waals surface area (Å²) in [6.07, 6.45) is 1.84. The largest absolute Gasteiger partial charge is 0.311 e. The van der Waals surface area contributed by atoms with Gasteiger partial charge in [0.2, 0.25) is 0 Å². The van der Waals surface area contributed by atoms with E-state index >= 15 is 0 Å². The molecule has 120 valence electrons. The molecule has 0 aliphatic rings. The number of hydrogen-bond donors (Lipinski definition) is 0. The van der Waals surface area contributed by atoms with Gasteiger partial charge in [-0.25, -0.2) is 0 Å². The van der Waals surface area contributed by atoms with Gasteiger partial charge in [-0.15, -0.1) is 0 Å². The van der Waals surface area contributed by atoms with Gasteiger partial charge in [-0.05, 0) is 46.2 Å². The molecule has 1 aromatic heterocycles. The molecule has 0 aliphatic heterocycles. The van der Waals surface area contributed by atoms with Crippen LogP contribution in [0.25, 0.3) is 10.8 Å². The van der Waals surface area contributed by atoms with Crippen molar-refractivity contribution < 1.29 is 0 Å². The van der Waals surface area contributed by atoms with Crippen LogP contribution in [0.5, 0.6) is 0 Å². The number of rotatable bonds is 2. The molecule has 0 fully saturated rings. The van der Waals surface area contributed by atoms with Crippen molar-refractivity contribution >= 4 is 10.8 Å². The first-order chi connectivity index (χ1) is 11.4. The standard InChI is InChI=1S/C21H20N2O/c1-21(2,3)18-8-9-19-17(12-18)10-11-23(20(19)24)14-16-6-4-15(13-22)5-7-16/h4-12H,14H2,1-3H3. The second-order valence-electron chi connectivity index (χ2n) is 7.11. The van der Waals surface area contributed by atoms with Crippen LogP contribution in [0, 0.1) is 11.3 Å². The maximum Gasteiger partial charge on any atom is 0.258 e. The monoisotopic (exact) mass is 316 g/mol. The molecule has 3 aromatic rings. The summed E-state index contributed by atoms with van der Waals surface area (Å²) in [5.74, 6) is 0. The van der Waals surface area contributed by atoms with Crippen molar-refractivity contribution in [3.63, 3.8) is 0 Å². The molecule has 0 spiro atoms. The van der Waals surface area contributed by atoms with E-state index < -0.39 is 0 Å². The Morgan fingerprint density at radius 1 is 1.04 bits per heavy atom. The molecule has 0 N–H and O–H groups in total. The Balaban J connectivity index is 1.99. The van der Waals surface area contributed by atoms with E-state index in [4.69, 9.17) is 5.26 Å². The molecular formula is C21H20N2O. The highest BCUT2D eigenvalue weighted by molar-refractivity contribution is 5.82. The minimum absolute atomic E-state index is 0.0114. The lowest BCUT2D eigenvalue weighted by atomic mass is 9.86. The molecule has 0 amide bonds. The molecular weight excluding hydrogens is 296 g/mol. The van der Waals surface area contributed by atoms with E-state index in [0.29, 0.717) is 12.1 Å². The van der Waals surface area contributed by atoms with Crippen molar-refractivity contribution in [1.29, 1.82) is 5.26 Å². The van der Waals surface area contributed by atoms with E-state index in [2.05, 4.69) is 32.9 Å². The highest BCUT2D eigenvalue weighted by atomic mass is 16.1. The third kappa shape index (κ3) is 3.09. The first kappa shape index (κ1) is 16.0. The Kier molecular flexibility index (Phi) is 3.99. The van der Waals surface area contributed by atoms with Crippen molar-refractivity contribution in [1.82, 2.24) is 4.57 Å². The highest BCUT2D eigenvalue weighted by Crippen LogP contribution is 2.24. The minimum atomic E-state index is 0.0114. The van der Waals surface area contributed by atoms with Crippen molar-refractivity contribution in [2.75, 3.05) is 0 Å². The van der Waals surface area contributed by atoms with Crippen molar-refractivity contribution in [3.8, 4) is 6.07 Å². The molecule has 0 unspecified atom stereocenters. The van der Waals surface area contributed by atoms with Crippen LogP contribution in [0.1, 0.15) is 37.5 Å². The van der Waals surface area contributed by atoms with Gasteiger partial charge in [0.25, 0.3) is 5.56 Å². The first-order valence-corrected chi connectivity index (χ1v) is 8.01. The number of pyridine rings is 1. The van der Waals surface area contributed by atoms with Gasteiger partial charge in [-0.1, -0.05) is 45.0 Å². The Bertz CT molecular complexity index is 983. The second kappa shape index (κ2) is 5.98. The molecule has 2 aromatic carbocycles. The van der Waals surface area contributed by atoms with Crippen LogP contribution in [-0.4, -0.2) is 4.57 Å². The zero-order valence-corrected chi connectivity index (χ0v) is 14.2. The molecule has 0 radical (unpaired) electrons. The Morgan fingerprint density at radius 2 is 1.75 bits per heavy atom. The smallest absolute Gasteiger partial charge is 0.258 e. The molecule has 1 heterocycles. The molecule has 3 rings (SSSR count). The van der Waals surface area contributed by atoms with Gasteiger partial charge >= 0.3 is 0 Å². The molecule has 0 saturated heterocycles. The Morgan fingerprint density at radius 3 is 2.38 bits per heavy atom. The average Bonchev–Trinajstić information content (AvgIpc) is 2.57. The van der Waals surface area contributed by atoms with Crippen molar-refractivity contribution in [2.45, 2.75) is 32.7 Å². The number of nitriles is 1. The molecule has 0 aliphatic carbocycles. The Labute approximate surface area is 141 Å². The lowest BCUT2D eigenvalue weighted by Gasteiger charge is -2.19. The van der Waals surface area contributed by atoms with E-state index in [1.165, 1.54) is 5.56 Å². The van der Waals surface area contributed by atoms with E-state index in [1.807, 2.05) is 36.5 Å². The van der Waals surface area contributed by atoms with Crippen molar-refractivity contribution in [2.24, 2.45) is 0 Å². The average molecular weight is 316 g/mol. The zero-order chi connectivity index (χ0) is 17.3. The summed E-state index contributed by atoms with van der Waals surface area (Å²) in [6.45, 7) is 7.00. The Hall–Kier alpha value is -2.86.